The molecule has 12 heteroatoms. The van der Waals surface area contributed by atoms with Gasteiger partial charge in [-0.25, -0.2) is 9.37 Å². The summed E-state index contributed by atoms with van der Waals surface area (Å²) in [7, 11) is -2.77. The van der Waals surface area contributed by atoms with Crippen molar-refractivity contribution in [2.75, 3.05) is 19.0 Å². The molecule has 0 aliphatic carbocycles. The number of rotatable bonds is 5. The molecule has 34 heavy (non-hydrogen) atoms. The number of hydrogen-bond acceptors (Lipinski definition) is 7. The molecule has 1 aliphatic rings. The molecule has 0 radical (unpaired) electrons. The van der Waals surface area contributed by atoms with Crippen LogP contribution in [0.3, 0.4) is 0 Å². The number of amides is 1. The molecule has 1 aromatic heterocycles. The van der Waals surface area contributed by atoms with Crippen LogP contribution in [0.15, 0.2) is 35.5 Å². The molecule has 3 rings (SSSR count). The van der Waals surface area contributed by atoms with Gasteiger partial charge in [-0.05, 0) is 38.1 Å². The van der Waals surface area contributed by atoms with E-state index in [-0.39, 0.29) is 28.1 Å². The highest BCUT2D eigenvalue weighted by molar-refractivity contribution is 6.04. The summed E-state index contributed by atoms with van der Waals surface area (Å²) in [5, 5.41) is 11.5. The van der Waals surface area contributed by atoms with Gasteiger partial charge >= 0.3 is 6.18 Å². The van der Waals surface area contributed by atoms with E-state index in [1.807, 2.05) is 6.07 Å². The molecular formula is C22H21F4N5O3. The number of nitrogens with zero attached hydrogens (tertiary/aromatic N) is 3. The quantitative estimate of drug-likeness (QED) is 0.630. The fourth-order valence-corrected chi connectivity index (χ4v) is 3.30. The minimum Gasteiger partial charge on any atom is -0.385 e. The number of halogens is 4. The number of carbonyl (C=O) groups is 1. The fourth-order valence-electron chi connectivity index (χ4n) is 3.30. The molecule has 0 spiro atoms. The number of pyridine rings is 1. The molecule has 0 saturated heterocycles. The molecule has 1 aromatic carbocycles. The van der Waals surface area contributed by atoms with Crippen molar-refractivity contribution in [3.63, 3.8) is 0 Å². The first-order chi connectivity index (χ1) is 17.0. The summed E-state index contributed by atoms with van der Waals surface area (Å²) < 4.78 is 86.2. The van der Waals surface area contributed by atoms with Crippen LogP contribution in [-0.4, -0.2) is 42.1 Å². The van der Waals surface area contributed by atoms with Crippen LogP contribution in [0.5, 0.6) is 0 Å². The number of hydrogen-bond donors (Lipinski definition) is 2. The number of anilines is 1. The van der Waals surface area contributed by atoms with Crippen LogP contribution in [0.25, 0.3) is 0 Å². The summed E-state index contributed by atoms with van der Waals surface area (Å²) in [6.07, 6.45) is -3.76. The number of benzene rings is 1. The Bertz CT molecular complexity index is 1300. The normalized spacial score (nSPS) is 24.3. The topological polar surface area (TPSA) is 123 Å². The van der Waals surface area contributed by atoms with E-state index in [4.69, 9.17) is 24.6 Å². The molecule has 2 atom stereocenters. The number of alkyl halides is 3. The van der Waals surface area contributed by atoms with Crippen molar-refractivity contribution in [1.29, 1.82) is 5.26 Å². The minimum atomic E-state index is -4.86. The van der Waals surface area contributed by atoms with Crippen molar-refractivity contribution < 1.29 is 35.9 Å². The van der Waals surface area contributed by atoms with E-state index in [0.29, 0.717) is 0 Å². The van der Waals surface area contributed by atoms with Crippen molar-refractivity contribution in [2.24, 2.45) is 10.7 Å². The van der Waals surface area contributed by atoms with Crippen LogP contribution >= 0.6 is 0 Å². The number of nitrogens with one attached hydrogen (secondary N) is 1. The van der Waals surface area contributed by atoms with Crippen molar-refractivity contribution in [2.45, 2.75) is 37.8 Å². The minimum absolute atomic E-state index is 0.00598. The van der Waals surface area contributed by atoms with Crippen LogP contribution in [-0.2, 0) is 21.6 Å². The van der Waals surface area contributed by atoms with E-state index in [1.54, 1.807) is 0 Å². The molecule has 1 amide bonds. The Labute approximate surface area is 196 Å². The molecule has 0 saturated carbocycles. The maximum absolute atomic E-state index is 14.8. The van der Waals surface area contributed by atoms with E-state index in [9.17, 15) is 22.4 Å². The first-order valence-corrected chi connectivity index (χ1v) is 9.70. The van der Waals surface area contributed by atoms with E-state index in [1.165, 1.54) is 19.1 Å². The Morgan fingerprint density at radius 1 is 1.41 bits per heavy atom. The molecule has 8 nitrogen and oxygen atoms in total. The van der Waals surface area contributed by atoms with Gasteiger partial charge in [-0.15, -0.1) is 0 Å². The molecule has 2 unspecified atom stereocenters. The number of aliphatic imine (C=N–C) groups is 1. The third kappa shape index (κ3) is 4.57. The Kier molecular flexibility index (Phi) is 5.56. The highest BCUT2D eigenvalue weighted by Crippen LogP contribution is 2.41. The molecule has 1 aliphatic heterocycles. The Morgan fingerprint density at radius 2 is 2.15 bits per heavy atom. The van der Waals surface area contributed by atoms with E-state index in [0.717, 1.165) is 25.3 Å². The van der Waals surface area contributed by atoms with Crippen LogP contribution in [0.4, 0.5) is 23.2 Å². The molecule has 0 bridgehead atoms. The highest BCUT2D eigenvalue weighted by Gasteiger charge is 2.59. The van der Waals surface area contributed by atoms with Gasteiger partial charge in [-0.2, -0.15) is 18.4 Å². The van der Waals surface area contributed by atoms with Crippen molar-refractivity contribution in [3.8, 4) is 6.07 Å². The van der Waals surface area contributed by atoms with Gasteiger partial charge in [-0.1, -0.05) is 0 Å². The number of aromatic nitrogens is 1. The molecule has 180 valence electrons. The van der Waals surface area contributed by atoms with Gasteiger partial charge in [0.2, 0.25) is 5.60 Å². The predicted molar refractivity (Wildman–Crippen MR) is 113 cm³/mol. The predicted octanol–water partition coefficient (Wildman–Crippen LogP) is 3.41. The second kappa shape index (κ2) is 9.00. The number of methoxy groups -OCH3 is 1. The smallest absolute Gasteiger partial charge is 0.385 e. The first kappa shape index (κ1) is 21.0. The van der Waals surface area contributed by atoms with Gasteiger partial charge in [0.05, 0.1) is 22.9 Å². The number of ether oxygens (including phenoxy) is 2. The number of nitrogens with two attached hydrogens (primary N) is 1. The number of carbonyl (C=O) groups excluding carboxylic acids is 1. The summed E-state index contributed by atoms with van der Waals surface area (Å²) in [4.78, 5) is 20.7. The summed E-state index contributed by atoms with van der Waals surface area (Å²) in [6, 6.07) is 6.38. The van der Waals surface area contributed by atoms with Gasteiger partial charge in [-0.3, -0.25) is 9.79 Å². The van der Waals surface area contributed by atoms with Gasteiger partial charge < -0.3 is 20.5 Å². The second-order valence-corrected chi connectivity index (χ2v) is 7.87. The highest BCUT2D eigenvalue weighted by atomic mass is 19.4. The van der Waals surface area contributed by atoms with Crippen LogP contribution in [0, 0.1) is 17.1 Å². The fraction of sp³-hybridized carbons (Fsp3) is 0.364. The Balaban J connectivity index is 1.93. The molecule has 0 fully saturated rings. The number of amidine groups is 1. The van der Waals surface area contributed by atoms with Crippen LogP contribution < -0.4 is 11.1 Å². The van der Waals surface area contributed by atoms with Gasteiger partial charge in [0, 0.05) is 30.0 Å². The lowest BCUT2D eigenvalue weighted by Crippen LogP contribution is -2.60. The lowest BCUT2D eigenvalue weighted by molar-refractivity contribution is -0.249. The van der Waals surface area contributed by atoms with E-state index < -0.39 is 55.1 Å². The third-order valence-electron chi connectivity index (χ3n) is 5.38. The molecule has 2 aromatic rings. The summed E-state index contributed by atoms with van der Waals surface area (Å²) >= 11 is 0. The summed E-state index contributed by atoms with van der Waals surface area (Å²) in [5.74, 6) is -2.56. The Hall–Kier alpha value is -3.56. The number of nitriles is 1. The monoisotopic (exact) mass is 482 g/mol. The average Bonchev–Trinajstić information content (AvgIpc) is 2.80. The van der Waals surface area contributed by atoms with Gasteiger partial charge in [0.25, 0.3) is 5.91 Å². The largest absolute Gasteiger partial charge is 0.424 e. The van der Waals surface area contributed by atoms with E-state index in [2.05, 4.69) is 15.3 Å². The first-order valence-electron chi connectivity index (χ1n) is 11.2. The van der Waals surface area contributed by atoms with Crippen molar-refractivity contribution >= 4 is 17.4 Å². The maximum Gasteiger partial charge on any atom is 0.424 e. The lowest BCUT2D eigenvalue weighted by atomic mass is 9.89. The lowest BCUT2D eigenvalue weighted by Gasteiger charge is -2.41. The van der Waals surface area contributed by atoms with Crippen LogP contribution in [0.2, 0.25) is 0 Å². The zero-order valence-corrected chi connectivity index (χ0v) is 18.0. The maximum atomic E-state index is 14.8. The SMILES string of the molecule is [2H]C([2H])([2H])OCc1cc(C#N)cnc1C(=O)Nc1ccc(F)c(C2(C)COC(C)(C(F)(F)F)C(N)=N2)c1. The molecular weight excluding hydrogens is 458 g/mol. The van der Waals surface area contributed by atoms with Crippen molar-refractivity contribution in [3.05, 3.63) is 58.7 Å². The van der Waals surface area contributed by atoms with Gasteiger partial charge in [0.15, 0.2) is 0 Å². The molecule has 2 heterocycles. The third-order valence-corrected chi connectivity index (χ3v) is 5.38. The average molecular weight is 482 g/mol. The zero-order chi connectivity index (χ0) is 27.8. The van der Waals surface area contributed by atoms with Crippen LogP contribution in [0.1, 0.15) is 45.1 Å². The zero-order valence-electron chi connectivity index (χ0n) is 21.0. The Morgan fingerprint density at radius 3 is 2.76 bits per heavy atom. The van der Waals surface area contributed by atoms with E-state index >= 15 is 0 Å². The van der Waals surface area contributed by atoms with Gasteiger partial charge in [0.1, 0.15) is 29.0 Å². The van der Waals surface area contributed by atoms with Crippen molar-refractivity contribution in [1.82, 2.24) is 4.98 Å². The second-order valence-electron chi connectivity index (χ2n) is 7.87. The molecule has 3 N–H and O–H groups in total. The standard InChI is InChI=1S/C22H21F4N5O3/c1-20(11-34-21(2,19(28)31-20)22(24,25)26)15-7-14(4-5-16(15)23)30-18(32)17-13(10-33-3)6-12(8-27)9-29-17/h4-7,9H,10-11H2,1-3H3,(H2,28,31)(H,30,32)/i3D3. The summed E-state index contributed by atoms with van der Waals surface area (Å²) in [6.45, 7) is 0.826. The summed E-state index contributed by atoms with van der Waals surface area (Å²) in [5.41, 5.74) is 0.718.